The lowest BCUT2D eigenvalue weighted by Crippen LogP contribution is -2.10. The summed E-state index contributed by atoms with van der Waals surface area (Å²) in [4.78, 5) is 26.6. The minimum Gasteiger partial charge on any atom is -0.363 e. The number of benzene rings is 1. The van der Waals surface area contributed by atoms with Gasteiger partial charge in [0.25, 0.3) is 5.82 Å². The van der Waals surface area contributed by atoms with Crippen LogP contribution >= 0.6 is 11.6 Å². The van der Waals surface area contributed by atoms with Crippen molar-refractivity contribution in [1.29, 1.82) is 0 Å². The molecule has 4 aromatic rings. The first-order chi connectivity index (χ1) is 13.6. The summed E-state index contributed by atoms with van der Waals surface area (Å²) in [5.74, 6) is -0.583. The number of nitrogens with one attached hydrogen (secondary N) is 2. The Morgan fingerprint density at radius 2 is 1.96 bits per heavy atom. The maximum atomic E-state index is 14.3. The largest absolute Gasteiger partial charge is 0.363 e. The SMILES string of the molecule is [C-]#[N+]c1[nH]c(=O)c(-c2cc(Cl)ccc2F)cc1Nc1ccnc2ccncc12. The van der Waals surface area contributed by atoms with Crippen LogP contribution < -0.4 is 10.9 Å². The average Bonchev–Trinajstić information content (AvgIpc) is 2.71. The molecule has 28 heavy (non-hydrogen) atoms. The van der Waals surface area contributed by atoms with Crippen molar-refractivity contribution >= 4 is 39.7 Å². The van der Waals surface area contributed by atoms with Gasteiger partial charge in [0, 0.05) is 34.6 Å². The monoisotopic (exact) mass is 391 g/mol. The number of fused-ring (bicyclic) bond motifs is 1. The summed E-state index contributed by atoms with van der Waals surface area (Å²) >= 11 is 5.96. The van der Waals surface area contributed by atoms with Gasteiger partial charge in [0.15, 0.2) is 0 Å². The van der Waals surface area contributed by atoms with Crippen molar-refractivity contribution in [3.63, 3.8) is 0 Å². The van der Waals surface area contributed by atoms with Gasteiger partial charge in [0.1, 0.15) is 5.82 Å². The summed E-state index contributed by atoms with van der Waals surface area (Å²) in [5.41, 5.74) is 1.21. The number of aromatic nitrogens is 3. The molecule has 0 bridgehead atoms. The molecule has 3 heterocycles. The van der Waals surface area contributed by atoms with Gasteiger partial charge in [0.05, 0.1) is 22.5 Å². The number of rotatable bonds is 3. The van der Waals surface area contributed by atoms with Crippen molar-refractivity contribution in [1.82, 2.24) is 15.0 Å². The molecular weight excluding hydrogens is 381 g/mol. The lowest BCUT2D eigenvalue weighted by Gasteiger charge is -2.12. The standard InChI is InChI=1S/C20H11ClFN5O/c1-23-19-18(26-17-5-7-25-16-4-6-24-10-14(16)17)9-13(20(28)27-19)12-8-11(21)2-3-15(12)22/h2-10H,(H,25,26)(H,27,28). The van der Waals surface area contributed by atoms with Crippen LogP contribution in [-0.2, 0) is 0 Å². The first-order valence-corrected chi connectivity index (χ1v) is 8.50. The Labute approximate surface area is 163 Å². The Bertz CT molecular complexity index is 1310. The molecule has 0 aliphatic rings. The summed E-state index contributed by atoms with van der Waals surface area (Å²) in [6.45, 7) is 7.36. The number of hydrogen-bond donors (Lipinski definition) is 2. The lowest BCUT2D eigenvalue weighted by atomic mass is 10.1. The van der Waals surface area contributed by atoms with E-state index < -0.39 is 11.4 Å². The Hall–Kier alpha value is -3.76. The van der Waals surface area contributed by atoms with Gasteiger partial charge in [-0.2, -0.15) is 0 Å². The van der Waals surface area contributed by atoms with Gasteiger partial charge in [-0.05, 0) is 36.4 Å². The molecule has 0 unspecified atom stereocenters. The number of halogens is 2. The molecule has 136 valence electrons. The molecule has 6 nitrogen and oxygen atoms in total. The quantitative estimate of drug-likeness (QED) is 0.478. The maximum absolute atomic E-state index is 14.3. The van der Waals surface area contributed by atoms with E-state index in [1.54, 1.807) is 30.7 Å². The zero-order valence-electron chi connectivity index (χ0n) is 14.2. The molecule has 0 aliphatic heterocycles. The maximum Gasteiger partial charge on any atom is 0.324 e. The van der Waals surface area contributed by atoms with E-state index in [0.717, 1.165) is 10.9 Å². The molecule has 1 aromatic carbocycles. The molecule has 0 radical (unpaired) electrons. The summed E-state index contributed by atoms with van der Waals surface area (Å²) in [6.07, 6.45) is 4.89. The third-order valence-electron chi connectivity index (χ3n) is 4.16. The smallest absolute Gasteiger partial charge is 0.324 e. The lowest BCUT2D eigenvalue weighted by molar-refractivity contribution is 0.631. The predicted molar refractivity (Wildman–Crippen MR) is 107 cm³/mol. The second kappa shape index (κ2) is 7.10. The highest BCUT2D eigenvalue weighted by Gasteiger charge is 2.16. The predicted octanol–water partition coefficient (Wildman–Crippen LogP) is 5.07. The minimum atomic E-state index is -0.588. The van der Waals surface area contributed by atoms with Gasteiger partial charge in [0.2, 0.25) is 0 Å². The van der Waals surface area contributed by atoms with Crippen LogP contribution in [-0.4, -0.2) is 15.0 Å². The van der Waals surface area contributed by atoms with Crippen LogP contribution in [0.25, 0.3) is 26.9 Å². The molecule has 0 aliphatic carbocycles. The van der Waals surface area contributed by atoms with Crippen molar-refractivity contribution in [3.8, 4) is 11.1 Å². The molecule has 0 amide bonds. The second-order valence-electron chi connectivity index (χ2n) is 5.89. The molecule has 0 fully saturated rings. The van der Waals surface area contributed by atoms with Crippen LogP contribution in [0.5, 0.6) is 0 Å². The Morgan fingerprint density at radius 3 is 2.79 bits per heavy atom. The molecule has 0 atom stereocenters. The minimum absolute atomic E-state index is 0.00467. The number of aromatic amines is 1. The van der Waals surface area contributed by atoms with Crippen molar-refractivity contribution in [3.05, 3.63) is 87.6 Å². The van der Waals surface area contributed by atoms with Crippen molar-refractivity contribution in [2.24, 2.45) is 0 Å². The highest BCUT2D eigenvalue weighted by atomic mass is 35.5. The molecule has 2 N–H and O–H groups in total. The number of pyridine rings is 3. The van der Waals surface area contributed by atoms with Gasteiger partial charge >= 0.3 is 5.56 Å². The molecule has 4 rings (SSSR count). The van der Waals surface area contributed by atoms with Gasteiger partial charge in [-0.1, -0.05) is 18.2 Å². The van der Waals surface area contributed by atoms with Crippen LogP contribution in [0.4, 0.5) is 21.6 Å². The van der Waals surface area contributed by atoms with Gasteiger partial charge < -0.3 is 10.2 Å². The molecule has 3 aromatic heterocycles. The number of hydrogen-bond acceptors (Lipinski definition) is 4. The van der Waals surface area contributed by atoms with Crippen LogP contribution in [0.2, 0.25) is 5.02 Å². The zero-order valence-corrected chi connectivity index (χ0v) is 15.0. The second-order valence-corrected chi connectivity index (χ2v) is 6.32. The topological polar surface area (TPSA) is 75.0 Å². The third kappa shape index (κ3) is 3.17. The van der Waals surface area contributed by atoms with Crippen LogP contribution in [0.15, 0.2) is 59.8 Å². The third-order valence-corrected chi connectivity index (χ3v) is 4.40. The first-order valence-electron chi connectivity index (χ1n) is 8.13. The first kappa shape index (κ1) is 17.6. The van der Waals surface area contributed by atoms with Crippen molar-refractivity contribution in [2.75, 3.05) is 5.32 Å². The summed E-state index contributed by atoms with van der Waals surface area (Å²) < 4.78 is 14.3. The average molecular weight is 392 g/mol. The van der Waals surface area contributed by atoms with E-state index in [1.165, 1.54) is 24.3 Å². The van der Waals surface area contributed by atoms with E-state index in [2.05, 4.69) is 25.1 Å². The summed E-state index contributed by atoms with van der Waals surface area (Å²) in [7, 11) is 0. The van der Waals surface area contributed by atoms with E-state index >= 15 is 0 Å². The number of anilines is 2. The molecule has 8 heteroatoms. The highest BCUT2D eigenvalue weighted by molar-refractivity contribution is 6.30. The summed E-state index contributed by atoms with van der Waals surface area (Å²) in [6, 6.07) is 8.88. The summed E-state index contributed by atoms with van der Waals surface area (Å²) in [5, 5.41) is 4.15. The molecule has 0 spiro atoms. The Balaban J connectivity index is 1.88. The van der Waals surface area contributed by atoms with Gasteiger partial charge in [-0.15, -0.1) is 0 Å². The van der Waals surface area contributed by atoms with E-state index in [9.17, 15) is 9.18 Å². The molecule has 0 saturated heterocycles. The van der Waals surface area contributed by atoms with Crippen LogP contribution in [0, 0.1) is 12.4 Å². The van der Waals surface area contributed by atoms with Crippen molar-refractivity contribution < 1.29 is 4.39 Å². The van der Waals surface area contributed by atoms with E-state index in [1.807, 2.05) is 0 Å². The van der Waals surface area contributed by atoms with Crippen LogP contribution in [0.1, 0.15) is 0 Å². The fraction of sp³-hybridized carbons (Fsp3) is 0. The van der Waals surface area contributed by atoms with E-state index in [4.69, 9.17) is 18.2 Å². The van der Waals surface area contributed by atoms with E-state index in [-0.39, 0.29) is 16.9 Å². The molecule has 0 saturated carbocycles. The Kier molecular flexibility index (Phi) is 4.47. The fourth-order valence-corrected chi connectivity index (χ4v) is 3.02. The fourth-order valence-electron chi connectivity index (χ4n) is 2.85. The van der Waals surface area contributed by atoms with Gasteiger partial charge in [-0.25, -0.2) is 9.18 Å². The highest BCUT2D eigenvalue weighted by Crippen LogP contribution is 2.32. The zero-order chi connectivity index (χ0) is 19.7. The normalized spacial score (nSPS) is 10.6. The molecular formula is C20H11ClFN5O. The Morgan fingerprint density at radius 1 is 1.11 bits per heavy atom. The van der Waals surface area contributed by atoms with Gasteiger partial charge in [-0.3, -0.25) is 15.0 Å². The van der Waals surface area contributed by atoms with Crippen molar-refractivity contribution in [2.45, 2.75) is 0 Å². The number of H-pyrrole nitrogens is 1. The van der Waals surface area contributed by atoms with Crippen LogP contribution in [0.3, 0.4) is 0 Å². The number of nitrogens with zero attached hydrogens (tertiary/aromatic N) is 3. The van der Waals surface area contributed by atoms with E-state index in [0.29, 0.717) is 16.4 Å².